The van der Waals surface area contributed by atoms with Gasteiger partial charge in [-0.1, -0.05) is 37.5 Å². The molecular weight excluding hydrogens is 242 g/mol. The highest BCUT2D eigenvalue weighted by Crippen LogP contribution is 2.30. The Morgan fingerprint density at radius 2 is 1.78 bits per heavy atom. The van der Waals surface area contributed by atoms with Crippen molar-refractivity contribution in [3.63, 3.8) is 0 Å². The second-order valence-electron chi connectivity index (χ2n) is 5.14. The molecule has 1 aliphatic carbocycles. The minimum Gasteiger partial charge on any atom is -0.289 e. The highest BCUT2D eigenvalue weighted by atomic mass is 32.1. The van der Waals surface area contributed by atoms with Gasteiger partial charge in [0.1, 0.15) is 5.50 Å². The van der Waals surface area contributed by atoms with E-state index >= 15 is 0 Å². The Hall–Kier alpha value is -0.710. The number of anilines is 1. The molecule has 0 spiro atoms. The van der Waals surface area contributed by atoms with E-state index < -0.39 is 0 Å². The third-order valence-electron chi connectivity index (χ3n) is 3.96. The molecule has 0 aromatic heterocycles. The number of rotatable bonds is 2. The minimum atomic E-state index is 0.147. The Kier molecular flexibility index (Phi) is 3.77. The molecule has 3 rings (SSSR count). The van der Waals surface area contributed by atoms with Gasteiger partial charge in [-0.2, -0.15) is 5.01 Å². The van der Waals surface area contributed by atoms with Crippen LogP contribution in [0.2, 0.25) is 0 Å². The average molecular weight is 263 g/mol. The molecule has 0 bridgehead atoms. The first-order valence-electron chi connectivity index (χ1n) is 6.88. The summed E-state index contributed by atoms with van der Waals surface area (Å²) in [5, 5.41) is 8.20. The largest absolute Gasteiger partial charge is 0.289 e. The topological polar surface area (TPSA) is 18.5 Å². The molecule has 1 heterocycles. The van der Waals surface area contributed by atoms with Crippen LogP contribution in [0.4, 0.5) is 5.69 Å². The second kappa shape index (κ2) is 5.51. The van der Waals surface area contributed by atoms with Crippen molar-refractivity contribution in [1.29, 1.82) is 0 Å². The van der Waals surface area contributed by atoms with Crippen LogP contribution in [0.1, 0.15) is 32.1 Å². The molecule has 1 aromatic carbocycles. The molecule has 18 heavy (non-hydrogen) atoms. The smallest absolute Gasteiger partial charge is 0.124 e. The lowest BCUT2D eigenvalue weighted by molar-refractivity contribution is 0.160. The van der Waals surface area contributed by atoms with Crippen molar-refractivity contribution < 1.29 is 0 Å². The first kappa shape index (κ1) is 12.3. The highest BCUT2D eigenvalue weighted by molar-refractivity contribution is 7.80. The molecule has 1 aliphatic heterocycles. The molecule has 1 saturated heterocycles. The van der Waals surface area contributed by atoms with Gasteiger partial charge >= 0.3 is 0 Å². The zero-order valence-electron chi connectivity index (χ0n) is 10.6. The van der Waals surface area contributed by atoms with E-state index in [0.717, 1.165) is 6.67 Å². The molecule has 1 saturated carbocycles. The Morgan fingerprint density at radius 1 is 1.06 bits per heavy atom. The van der Waals surface area contributed by atoms with E-state index in [1.807, 2.05) is 0 Å². The number of nitrogens with one attached hydrogen (secondary N) is 1. The van der Waals surface area contributed by atoms with Crippen LogP contribution >= 0.6 is 12.6 Å². The number of nitrogens with zero attached hydrogens (tertiary/aromatic N) is 2. The maximum atomic E-state index is 4.68. The standard InChI is InChI=1S/C14H21N3S/c18-14-15-11-16(12-7-3-1-4-8-12)17(14)13-9-5-2-6-10-13/h1,3-4,7-8,13-15,18H,2,5-6,9-11H2. The lowest BCUT2D eigenvalue weighted by Crippen LogP contribution is -2.48. The predicted molar refractivity (Wildman–Crippen MR) is 78.4 cm³/mol. The number of hydrazine groups is 1. The van der Waals surface area contributed by atoms with Gasteiger partial charge in [-0.05, 0) is 25.0 Å². The number of thiol groups is 1. The first-order chi connectivity index (χ1) is 8.86. The van der Waals surface area contributed by atoms with Gasteiger partial charge < -0.3 is 0 Å². The summed E-state index contributed by atoms with van der Waals surface area (Å²) < 4.78 is 0. The molecule has 3 nitrogen and oxygen atoms in total. The van der Waals surface area contributed by atoms with Crippen LogP contribution in [-0.2, 0) is 0 Å². The molecule has 98 valence electrons. The summed E-state index contributed by atoms with van der Waals surface area (Å²) in [5.41, 5.74) is 1.40. The lowest BCUT2D eigenvalue weighted by atomic mass is 9.95. The van der Waals surface area contributed by atoms with Crippen molar-refractivity contribution in [3.05, 3.63) is 30.3 Å². The Bertz CT molecular complexity index is 378. The van der Waals surface area contributed by atoms with Crippen LogP contribution in [0.3, 0.4) is 0 Å². The van der Waals surface area contributed by atoms with Gasteiger partial charge in [0.05, 0.1) is 12.4 Å². The van der Waals surface area contributed by atoms with E-state index in [1.54, 1.807) is 0 Å². The number of hydrogen-bond donors (Lipinski definition) is 2. The summed E-state index contributed by atoms with van der Waals surface area (Å²) in [5.74, 6) is 0. The maximum absolute atomic E-state index is 4.68. The molecule has 1 unspecified atom stereocenters. The van der Waals surface area contributed by atoms with Crippen molar-refractivity contribution in [2.24, 2.45) is 0 Å². The Morgan fingerprint density at radius 3 is 2.50 bits per heavy atom. The van der Waals surface area contributed by atoms with Crippen LogP contribution in [0.5, 0.6) is 0 Å². The van der Waals surface area contributed by atoms with Crippen LogP contribution in [-0.4, -0.2) is 23.2 Å². The summed E-state index contributed by atoms with van der Waals surface area (Å²) in [4.78, 5) is 0. The van der Waals surface area contributed by atoms with E-state index in [1.165, 1.54) is 37.8 Å². The average Bonchev–Trinajstić information content (AvgIpc) is 2.83. The maximum Gasteiger partial charge on any atom is 0.124 e. The van der Waals surface area contributed by atoms with Gasteiger partial charge in [0.25, 0.3) is 0 Å². The molecule has 1 aromatic rings. The summed E-state index contributed by atoms with van der Waals surface area (Å²) >= 11 is 4.68. The molecular formula is C14H21N3S. The summed E-state index contributed by atoms with van der Waals surface area (Å²) in [6.45, 7) is 0.856. The normalized spacial score (nSPS) is 26.7. The fourth-order valence-corrected chi connectivity index (χ4v) is 3.44. The van der Waals surface area contributed by atoms with E-state index in [0.29, 0.717) is 6.04 Å². The molecule has 2 aliphatic rings. The van der Waals surface area contributed by atoms with Crippen molar-refractivity contribution in [2.75, 3.05) is 11.7 Å². The van der Waals surface area contributed by atoms with Gasteiger partial charge in [-0.25, -0.2) is 0 Å². The third-order valence-corrected chi connectivity index (χ3v) is 4.38. The second-order valence-corrected chi connectivity index (χ2v) is 5.63. The quantitative estimate of drug-likeness (QED) is 0.800. The number of benzene rings is 1. The minimum absolute atomic E-state index is 0.147. The first-order valence-corrected chi connectivity index (χ1v) is 7.40. The fraction of sp³-hybridized carbons (Fsp3) is 0.571. The molecule has 1 N–H and O–H groups in total. The van der Waals surface area contributed by atoms with Gasteiger partial charge in [0.2, 0.25) is 0 Å². The van der Waals surface area contributed by atoms with E-state index in [9.17, 15) is 0 Å². The van der Waals surface area contributed by atoms with Crippen LogP contribution in [0.15, 0.2) is 30.3 Å². The summed E-state index contributed by atoms with van der Waals surface area (Å²) in [6.07, 6.45) is 6.68. The molecule has 0 amide bonds. The van der Waals surface area contributed by atoms with Gasteiger partial charge in [-0.3, -0.25) is 10.3 Å². The van der Waals surface area contributed by atoms with Crippen LogP contribution in [0, 0.1) is 0 Å². The monoisotopic (exact) mass is 263 g/mol. The zero-order chi connectivity index (χ0) is 12.4. The lowest BCUT2D eigenvalue weighted by Gasteiger charge is -2.39. The SMILES string of the molecule is SC1NCN(c2ccccc2)N1C1CCCCC1. The molecule has 4 heteroatoms. The van der Waals surface area contributed by atoms with Crippen molar-refractivity contribution in [2.45, 2.75) is 43.6 Å². The molecule has 2 fully saturated rings. The van der Waals surface area contributed by atoms with Crippen molar-refractivity contribution in [1.82, 2.24) is 10.3 Å². The zero-order valence-corrected chi connectivity index (χ0v) is 11.5. The van der Waals surface area contributed by atoms with Crippen molar-refractivity contribution in [3.8, 4) is 0 Å². The molecule has 1 atom stereocenters. The number of para-hydroxylation sites is 1. The van der Waals surface area contributed by atoms with Crippen LogP contribution in [0.25, 0.3) is 0 Å². The third kappa shape index (κ3) is 2.37. The highest BCUT2D eigenvalue weighted by Gasteiger charge is 2.35. The molecule has 0 radical (unpaired) electrons. The predicted octanol–water partition coefficient (Wildman–Crippen LogP) is 2.82. The van der Waals surface area contributed by atoms with Crippen LogP contribution < -0.4 is 10.3 Å². The number of hydrogen-bond acceptors (Lipinski definition) is 4. The van der Waals surface area contributed by atoms with Crippen molar-refractivity contribution >= 4 is 18.3 Å². The van der Waals surface area contributed by atoms with Gasteiger partial charge in [-0.15, -0.1) is 12.6 Å². The Labute approximate surface area is 115 Å². The van der Waals surface area contributed by atoms with E-state index in [2.05, 4.69) is 58.3 Å². The van der Waals surface area contributed by atoms with Gasteiger partial charge in [0.15, 0.2) is 0 Å². The van der Waals surface area contributed by atoms with E-state index in [4.69, 9.17) is 0 Å². The van der Waals surface area contributed by atoms with E-state index in [-0.39, 0.29) is 5.50 Å². The fourth-order valence-electron chi connectivity index (χ4n) is 3.04. The summed E-state index contributed by atoms with van der Waals surface area (Å²) in [7, 11) is 0. The van der Waals surface area contributed by atoms with Gasteiger partial charge in [0, 0.05) is 6.04 Å². The summed E-state index contributed by atoms with van der Waals surface area (Å²) in [6, 6.07) is 11.2. The Balaban J connectivity index is 1.80.